The molecule has 0 bridgehead atoms. The van der Waals surface area contributed by atoms with Gasteiger partial charge in [-0.1, -0.05) is 12.1 Å². The fourth-order valence-corrected chi connectivity index (χ4v) is 5.57. The number of aromatic nitrogens is 3. The first-order chi connectivity index (χ1) is 18.4. The number of phenols is 1. The average molecular weight is 519 g/mol. The summed E-state index contributed by atoms with van der Waals surface area (Å²) in [6, 6.07) is 12.7. The number of fused-ring (bicyclic) bond motifs is 2. The van der Waals surface area contributed by atoms with Gasteiger partial charge in [-0.3, -0.25) is 9.36 Å². The molecular formula is C29H36N5O4. The van der Waals surface area contributed by atoms with E-state index in [0.717, 1.165) is 29.6 Å². The molecule has 0 unspecified atom stereocenters. The van der Waals surface area contributed by atoms with Crippen LogP contribution >= 0.6 is 0 Å². The van der Waals surface area contributed by atoms with Crippen molar-refractivity contribution in [2.24, 2.45) is 0 Å². The molecule has 0 saturated heterocycles. The van der Waals surface area contributed by atoms with Gasteiger partial charge in [-0.05, 0) is 87.5 Å². The summed E-state index contributed by atoms with van der Waals surface area (Å²) in [5.74, 6) is -0.0362. The number of aromatic amines is 2. The summed E-state index contributed by atoms with van der Waals surface area (Å²) in [6.45, 7) is 2.44. The maximum absolute atomic E-state index is 12.6. The predicted molar refractivity (Wildman–Crippen MR) is 149 cm³/mol. The molecule has 2 heterocycles. The largest absolute Gasteiger partial charge is 0.506 e. The lowest BCUT2D eigenvalue weighted by Gasteiger charge is -2.31. The zero-order chi connectivity index (χ0) is 26.6. The van der Waals surface area contributed by atoms with Crippen molar-refractivity contribution < 1.29 is 10.2 Å². The van der Waals surface area contributed by atoms with Crippen molar-refractivity contribution >= 4 is 21.9 Å². The van der Waals surface area contributed by atoms with Crippen LogP contribution in [0.1, 0.15) is 49.3 Å². The van der Waals surface area contributed by atoms with Crippen LogP contribution in [0.3, 0.4) is 0 Å². The molecule has 0 amide bonds. The topological polar surface area (TPSA) is 126 Å². The van der Waals surface area contributed by atoms with Crippen molar-refractivity contribution in [1.29, 1.82) is 0 Å². The van der Waals surface area contributed by atoms with E-state index in [1.165, 1.54) is 37.8 Å². The first-order valence-corrected chi connectivity index (χ1v) is 13.4. The van der Waals surface area contributed by atoms with Crippen LogP contribution in [-0.4, -0.2) is 55.8 Å². The average Bonchev–Trinajstić information content (AvgIpc) is 3.23. The van der Waals surface area contributed by atoms with Gasteiger partial charge in [0.2, 0.25) is 5.56 Å². The lowest BCUT2D eigenvalue weighted by atomic mass is 9.94. The van der Waals surface area contributed by atoms with Gasteiger partial charge in [0, 0.05) is 37.1 Å². The lowest BCUT2D eigenvalue weighted by Crippen LogP contribution is -2.34. The van der Waals surface area contributed by atoms with Gasteiger partial charge < -0.3 is 30.4 Å². The van der Waals surface area contributed by atoms with E-state index in [2.05, 4.69) is 33.7 Å². The number of aryl methyl sites for hydroxylation is 1. The Labute approximate surface area is 221 Å². The summed E-state index contributed by atoms with van der Waals surface area (Å²) >= 11 is 0. The van der Waals surface area contributed by atoms with E-state index >= 15 is 0 Å². The molecule has 9 heteroatoms. The van der Waals surface area contributed by atoms with E-state index in [4.69, 9.17) is 0 Å². The number of pyridine rings is 1. The van der Waals surface area contributed by atoms with Crippen LogP contribution in [-0.2, 0) is 13.1 Å². The molecule has 1 radical (unpaired) electrons. The number of benzene rings is 2. The number of rotatable bonds is 10. The number of nitrogens with one attached hydrogen (secondary N) is 3. The van der Waals surface area contributed by atoms with Gasteiger partial charge in [0.05, 0.1) is 22.7 Å². The summed E-state index contributed by atoms with van der Waals surface area (Å²) < 4.78 is 1.82. The number of hydrogen-bond acceptors (Lipinski definition) is 6. The highest BCUT2D eigenvalue weighted by Crippen LogP contribution is 2.28. The van der Waals surface area contributed by atoms with Crippen molar-refractivity contribution in [3.8, 4) is 5.75 Å². The van der Waals surface area contributed by atoms with Gasteiger partial charge in [0.15, 0.2) is 0 Å². The first-order valence-electron chi connectivity index (χ1n) is 13.4. The summed E-state index contributed by atoms with van der Waals surface area (Å²) in [5.41, 5.74) is 3.22. The maximum atomic E-state index is 12.6. The van der Waals surface area contributed by atoms with E-state index < -0.39 is 6.10 Å². The lowest BCUT2D eigenvalue weighted by molar-refractivity contribution is 0.176. The Morgan fingerprint density at radius 2 is 1.92 bits per heavy atom. The number of hydrogen-bond donors (Lipinski definition) is 5. The number of aromatic hydroxyl groups is 1. The third-order valence-electron chi connectivity index (χ3n) is 7.70. The number of nitrogens with zero attached hydrogens (tertiary/aromatic N) is 2. The third-order valence-corrected chi connectivity index (χ3v) is 7.70. The number of phenolic OH excluding ortho intramolecular Hbond substituents is 1. The standard InChI is InChI=1S/C29H36N5O4/c1-33(20-6-3-2-4-7-20)14-5-15-34-24-11-8-19(16-23(24)31-29(34)38)17-30-18-26(36)21-9-12-25(35)28-22(21)10-13-27(37)32-28/h2,8-13,16,20,26,30,35-36H,3-7,14-15,17-18H2,1H3,(H,31,38)(H,32,37)/t26-/m0/s1. The van der Waals surface area contributed by atoms with Crippen LogP contribution in [0.15, 0.2) is 52.1 Å². The maximum Gasteiger partial charge on any atom is 0.326 e. The first kappa shape index (κ1) is 26.2. The Morgan fingerprint density at radius 1 is 1.11 bits per heavy atom. The van der Waals surface area contributed by atoms with Crippen LogP contribution < -0.4 is 16.6 Å². The number of imidazole rings is 1. The van der Waals surface area contributed by atoms with Crippen LogP contribution in [0.4, 0.5) is 0 Å². The van der Waals surface area contributed by atoms with Gasteiger partial charge in [-0.2, -0.15) is 0 Å². The molecule has 1 aliphatic carbocycles. The fourth-order valence-electron chi connectivity index (χ4n) is 5.57. The molecule has 5 N–H and O–H groups in total. The normalized spacial score (nSPS) is 15.6. The van der Waals surface area contributed by atoms with E-state index in [1.807, 2.05) is 22.8 Å². The summed E-state index contributed by atoms with van der Waals surface area (Å²) in [4.78, 5) is 32.3. The highest BCUT2D eigenvalue weighted by molar-refractivity contribution is 5.87. The molecule has 0 aliphatic heterocycles. The van der Waals surface area contributed by atoms with E-state index in [0.29, 0.717) is 35.6 Å². The van der Waals surface area contributed by atoms with Crippen molar-refractivity contribution in [2.45, 2.75) is 57.3 Å². The van der Waals surface area contributed by atoms with Gasteiger partial charge in [-0.25, -0.2) is 4.79 Å². The molecule has 5 rings (SSSR count). The summed E-state index contributed by atoms with van der Waals surface area (Å²) in [6.07, 6.45) is 7.31. The monoisotopic (exact) mass is 518 g/mol. The van der Waals surface area contributed by atoms with Gasteiger partial charge in [0.25, 0.3) is 0 Å². The van der Waals surface area contributed by atoms with Crippen molar-refractivity contribution in [1.82, 2.24) is 24.8 Å². The smallest absolute Gasteiger partial charge is 0.326 e. The predicted octanol–water partition coefficient (Wildman–Crippen LogP) is 3.17. The Balaban J connectivity index is 1.18. The van der Waals surface area contributed by atoms with Gasteiger partial charge in [-0.15, -0.1) is 0 Å². The van der Waals surface area contributed by atoms with Crippen molar-refractivity contribution in [3.05, 3.63) is 80.9 Å². The zero-order valence-electron chi connectivity index (χ0n) is 21.7. The van der Waals surface area contributed by atoms with Gasteiger partial charge in [0.1, 0.15) is 5.75 Å². The third kappa shape index (κ3) is 5.70. The van der Waals surface area contributed by atoms with Crippen molar-refractivity contribution in [2.75, 3.05) is 20.1 Å². The van der Waals surface area contributed by atoms with Crippen LogP contribution in [0.5, 0.6) is 5.75 Å². The molecule has 2 aromatic carbocycles. The minimum atomic E-state index is -0.835. The van der Waals surface area contributed by atoms with Crippen LogP contribution in [0.2, 0.25) is 0 Å². The molecule has 1 atom stereocenters. The van der Waals surface area contributed by atoms with Crippen LogP contribution in [0, 0.1) is 6.42 Å². The highest BCUT2D eigenvalue weighted by Gasteiger charge is 2.18. The molecule has 1 aliphatic rings. The van der Waals surface area contributed by atoms with E-state index in [9.17, 15) is 19.8 Å². The molecule has 1 saturated carbocycles. The molecule has 9 nitrogen and oxygen atoms in total. The van der Waals surface area contributed by atoms with E-state index in [1.54, 1.807) is 12.1 Å². The Hall–Kier alpha value is -3.40. The van der Waals surface area contributed by atoms with Crippen molar-refractivity contribution in [3.63, 3.8) is 0 Å². The highest BCUT2D eigenvalue weighted by atomic mass is 16.3. The molecular weight excluding hydrogens is 482 g/mol. The SMILES string of the molecule is CN(CCCn1c(=O)[nH]c2cc(CNC[C@H](O)c3ccc(O)c4[nH]c(=O)ccc34)ccc21)C1CC[CH]CC1. The second-order valence-corrected chi connectivity index (χ2v) is 10.3. The molecule has 38 heavy (non-hydrogen) atoms. The Kier molecular flexibility index (Phi) is 7.97. The molecule has 4 aromatic rings. The molecule has 2 aromatic heterocycles. The molecule has 1 fully saturated rings. The number of aliphatic hydroxyl groups excluding tert-OH is 1. The quantitative estimate of drug-likeness (QED) is 0.220. The fraction of sp³-hybridized carbons (Fsp3) is 0.414. The number of aliphatic hydroxyl groups is 1. The Morgan fingerprint density at radius 3 is 2.74 bits per heavy atom. The van der Waals surface area contributed by atoms with Crippen LogP contribution in [0.25, 0.3) is 21.9 Å². The molecule has 0 spiro atoms. The minimum Gasteiger partial charge on any atom is -0.506 e. The summed E-state index contributed by atoms with van der Waals surface area (Å²) in [7, 11) is 2.19. The van der Waals surface area contributed by atoms with Gasteiger partial charge >= 0.3 is 5.69 Å². The second kappa shape index (κ2) is 11.6. The Bertz CT molecular complexity index is 1520. The second-order valence-electron chi connectivity index (χ2n) is 10.3. The minimum absolute atomic E-state index is 0.0362. The summed E-state index contributed by atoms with van der Waals surface area (Å²) in [5, 5.41) is 24.7. The zero-order valence-corrected chi connectivity index (χ0v) is 21.7. The molecule has 201 valence electrons. The number of H-pyrrole nitrogens is 2. The van der Waals surface area contributed by atoms with E-state index in [-0.39, 0.29) is 23.5 Å².